The summed E-state index contributed by atoms with van der Waals surface area (Å²) < 4.78 is 16.6. The number of hydrogen-bond donors (Lipinski definition) is 1. The van der Waals surface area contributed by atoms with Crippen molar-refractivity contribution in [3.8, 4) is 17.2 Å². The molecule has 2 aromatic carbocycles. The monoisotopic (exact) mass is 440 g/mol. The number of Topliss-reactive ketones (excluding diaryl/α,β-unsaturated/α-hetero) is 1. The van der Waals surface area contributed by atoms with Gasteiger partial charge in [-0.25, -0.2) is 0 Å². The first-order chi connectivity index (χ1) is 15.5. The van der Waals surface area contributed by atoms with E-state index in [1.165, 1.54) is 5.56 Å². The highest BCUT2D eigenvalue weighted by atomic mass is 16.7. The Hall–Kier alpha value is -2.61. The fourth-order valence-electron chi connectivity index (χ4n) is 4.04. The molecule has 2 aliphatic heterocycles. The Labute approximate surface area is 189 Å². The van der Waals surface area contributed by atoms with E-state index in [2.05, 4.69) is 21.9 Å². The van der Waals surface area contributed by atoms with Gasteiger partial charge in [0.1, 0.15) is 24.2 Å². The van der Waals surface area contributed by atoms with Crippen LogP contribution in [0.2, 0.25) is 0 Å². The molecule has 0 aliphatic carbocycles. The zero-order valence-corrected chi connectivity index (χ0v) is 18.7. The summed E-state index contributed by atoms with van der Waals surface area (Å²) in [6.45, 7) is 7.44. The number of carbonyl (C=O) groups excluding carboxylic acids is 1. The van der Waals surface area contributed by atoms with Crippen molar-refractivity contribution in [3.05, 3.63) is 53.6 Å². The SMILES string of the molecule is CC(=O)CCc1ccc(OCC(O)CN2CCN(Cc3ccc4c(c3)OCO4)CC2)cc1. The predicted molar refractivity (Wildman–Crippen MR) is 121 cm³/mol. The average molecular weight is 441 g/mol. The number of nitrogens with zero attached hydrogens (tertiary/aromatic N) is 2. The number of aryl methyl sites for hydroxylation is 1. The van der Waals surface area contributed by atoms with Gasteiger partial charge in [-0.05, 0) is 48.7 Å². The molecule has 1 fully saturated rings. The van der Waals surface area contributed by atoms with Crippen LogP contribution in [0.5, 0.6) is 17.2 Å². The molecule has 2 heterocycles. The zero-order chi connectivity index (χ0) is 22.3. The lowest BCUT2D eigenvalue weighted by atomic mass is 10.1. The minimum atomic E-state index is -0.534. The van der Waals surface area contributed by atoms with E-state index in [0.29, 0.717) is 19.8 Å². The molecule has 0 spiro atoms. The van der Waals surface area contributed by atoms with Gasteiger partial charge < -0.3 is 24.1 Å². The number of aliphatic hydroxyl groups is 1. The minimum Gasteiger partial charge on any atom is -0.491 e. The Balaban J connectivity index is 1.14. The summed E-state index contributed by atoms with van der Waals surface area (Å²) in [6.07, 6.45) is 0.773. The quantitative estimate of drug-likeness (QED) is 0.609. The van der Waals surface area contributed by atoms with Crippen LogP contribution < -0.4 is 14.2 Å². The van der Waals surface area contributed by atoms with Gasteiger partial charge in [0.2, 0.25) is 6.79 Å². The van der Waals surface area contributed by atoms with Crippen LogP contribution >= 0.6 is 0 Å². The normalized spacial score (nSPS) is 17.3. The molecule has 1 saturated heterocycles. The highest BCUT2D eigenvalue weighted by Crippen LogP contribution is 2.32. The number of β-amino-alcohol motifs (C(OH)–C–C–N with tert-alkyl or cyclic N) is 1. The van der Waals surface area contributed by atoms with Crippen molar-refractivity contribution in [3.63, 3.8) is 0 Å². The van der Waals surface area contributed by atoms with Crippen LogP contribution in [-0.2, 0) is 17.8 Å². The van der Waals surface area contributed by atoms with Crippen LogP contribution in [0.25, 0.3) is 0 Å². The number of ketones is 1. The summed E-state index contributed by atoms with van der Waals surface area (Å²) >= 11 is 0. The second-order valence-corrected chi connectivity index (χ2v) is 8.58. The molecule has 2 aliphatic rings. The number of ether oxygens (including phenoxy) is 3. The van der Waals surface area contributed by atoms with Crippen LogP contribution in [0.4, 0.5) is 0 Å². The standard InChI is InChI=1S/C25H32N2O5/c1-19(28)2-3-20-4-7-23(8-5-20)30-17-22(29)16-27-12-10-26(11-13-27)15-21-6-9-24-25(14-21)32-18-31-24/h4-9,14,22,29H,2-3,10-13,15-18H2,1H3. The van der Waals surface area contributed by atoms with Gasteiger partial charge in [-0.3, -0.25) is 9.80 Å². The third-order valence-corrected chi connectivity index (χ3v) is 5.91. The number of carbonyl (C=O) groups is 1. The maximum atomic E-state index is 11.1. The number of piperazine rings is 1. The fourth-order valence-corrected chi connectivity index (χ4v) is 4.04. The maximum Gasteiger partial charge on any atom is 0.231 e. The number of benzene rings is 2. The number of hydrogen-bond acceptors (Lipinski definition) is 7. The second-order valence-electron chi connectivity index (χ2n) is 8.58. The average Bonchev–Trinajstić information content (AvgIpc) is 3.26. The Morgan fingerprint density at radius 3 is 2.44 bits per heavy atom. The van der Waals surface area contributed by atoms with Crippen LogP contribution in [-0.4, -0.2) is 72.9 Å². The summed E-state index contributed by atoms with van der Waals surface area (Å²) in [4.78, 5) is 15.8. The van der Waals surface area contributed by atoms with Gasteiger partial charge >= 0.3 is 0 Å². The summed E-state index contributed by atoms with van der Waals surface area (Å²) in [5.74, 6) is 2.58. The molecule has 7 heteroatoms. The van der Waals surface area contributed by atoms with E-state index >= 15 is 0 Å². The predicted octanol–water partition coefficient (Wildman–Crippen LogP) is 2.49. The van der Waals surface area contributed by atoms with Gasteiger partial charge in [-0.2, -0.15) is 0 Å². The van der Waals surface area contributed by atoms with E-state index in [9.17, 15) is 9.90 Å². The summed E-state index contributed by atoms with van der Waals surface area (Å²) in [5.41, 5.74) is 2.34. The lowest BCUT2D eigenvalue weighted by Gasteiger charge is -2.35. The molecule has 0 bridgehead atoms. The maximum absolute atomic E-state index is 11.1. The lowest BCUT2D eigenvalue weighted by Crippen LogP contribution is -2.48. The third-order valence-electron chi connectivity index (χ3n) is 5.91. The summed E-state index contributed by atoms with van der Waals surface area (Å²) in [7, 11) is 0. The van der Waals surface area contributed by atoms with E-state index < -0.39 is 6.10 Å². The molecule has 2 aromatic rings. The Bertz CT molecular complexity index is 894. The highest BCUT2D eigenvalue weighted by molar-refractivity contribution is 5.75. The van der Waals surface area contributed by atoms with E-state index in [1.54, 1.807) is 6.92 Å². The zero-order valence-electron chi connectivity index (χ0n) is 18.7. The number of aliphatic hydroxyl groups excluding tert-OH is 1. The molecular weight excluding hydrogens is 408 g/mol. The summed E-state index contributed by atoms with van der Waals surface area (Å²) in [6, 6.07) is 13.9. The van der Waals surface area contributed by atoms with Crippen molar-refractivity contribution in [1.82, 2.24) is 9.80 Å². The Morgan fingerprint density at radius 1 is 1.00 bits per heavy atom. The van der Waals surface area contributed by atoms with Crippen molar-refractivity contribution in [2.45, 2.75) is 32.4 Å². The van der Waals surface area contributed by atoms with Crippen LogP contribution in [0.3, 0.4) is 0 Å². The molecule has 4 rings (SSSR count). The van der Waals surface area contributed by atoms with Crippen molar-refractivity contribution in [1.29, 1.82) is 0 Å². The van der Waals surface area contributed by atoms with Gasteiger partial charge in [0.05, 0.1) is 0 Å². The summed E-state index contributed by atoms with van der Waals surface area (Å²) in [5, 5.41) is 10.4. The molecule has 0 aromatic heterocycles. The lowest BCUT2D eigenvalue weighted by molar-refractivity contribution is -0.116. The fraction of sp³-hybridized carbons (Fsp3) is 0.480. The van der Waals surface area contributed by atoms with Crippen LogP contribution in [0, 0.1) is 0 Å². The van der Waals surface area contributed by atoms with Gasteiger partial charge in [0, 0.05) is 45.7 Å². The van der Waals surface area contributed by atoms with Crippen molar-refractivity contribution < 1.29 is 24.1 Å². The molecule has 1 unspecified atom stereocenters. The molecule has 0 amide bonds. The first-order valence-electron chi connectivity index (χ1n) is 11.3. The topological polar surface area (TPSA) is 71.5 Å². The molecule has 32 heavy (non-hydrogen) atoms. The first-order valence-corrected chi connectivity index (χ1v) is 11.3. The molecule has 1 atom stereocenters. The molecule has 172 valence electrons. The van der Waals surface area contributed by atoms with Gasteiger partial charge in [0.25, 0.3) is 0 Å². The van der Waals surface area contributed by atoms with Gasteiger partial charge in [-0.1, -0.05) is 18.2 Å². The van der Waals surface area contributed by atoms with E-state index in [-0.39, 0.29) is 12.4 Å². The Kier molecular flexibility index (Phi) is 7.63. The van der Waals surface area contributed by atoms with Crippen molar-refractivity contribution in [2.75, 3.05) is 46.1 Å². The van der Waals surface area contributed by atoms with E-state index in [0.717, 1.165) is 62.0 Å². The largest absolute Gasteiger partial charge is 0.491 e. The van der Waals surface area contributed by atoms with E-state index in [1.807, 2.05) is 30.3 Å². The molecule has 0 saturated carbocycles. The number of rotatable bonds is 10. The number of fused-ring (bicyclic) bond motifs is 1. The van der Waals surface area contributed by atoms with Gasteiger partial charge in [-0.15, -0.1) is 0 Å². The van der Waals surface area contributed by atoms with E-state index in [4.69, 9.17) is 14.2 Å². The van der Waals surface area contributed by atoms with Crippen molar-refractivity contribution in [2.24, 2.45) is 0 Å². The highest BCUT2D eigenvalue weighted by Gasteiger charge is 2.21. The molecule has 7 nitrogen and oxygen atoms in total. The van der Waals surface area contributed by atoms with Gasteiger partial charge in [0.15, 0.2) is 11.5 Å². The second kappa shape index (κ2) is 10.8. The van der Waals surface area contributed by atoms with Crippen molar-refractivity contribution >= 4 is 5.78 Å². The minimum absolute atomic E-state index is 0.196. The van der Waals surface area contributed by atoms with Crippen LogP contribution in [0.1, 0.15) is 24.5 Å². The van der Waals surface area contributed by atoms with Crippen LogP contribution in [0.15, 0.2) is 42.5 Å². The third kappa shape index (κ3) is 6.45. The first kappa shape index (κ1) is 22.6. The molecule has 0 radical (unpaired) electrons. The Morgan fingerprint density at radius 2 is 1.69 bits per heavy atom. The molecular formula is C25H32N2O5. The molecule has 1 N–H and O–H groups in total. The smallest absolute Gasteiger partial charge is 0.231 e.